The Balaban J connectivity index is 1.87. The Bertz CT molecular complexity index is 1010. The maximum atomic E-state index is 12.6. The average Bonchev–Trinajstić information content (AvgIpc) is 2.99. The summed E-state index contributed by atoms with van der Waals surface area (Å²) in [6.07, 6.45) is 0. The van der Waals surface area contributed by atoms with Gasteiger partial charge < -0.3 is 5.32 Å². The van der Waals surface area contributed by atoms with E-state index in [1.807, 2.05) is 32.0 Å². The molecule has 6 nitrogen and oxygen atoms in total. The lowest BCUT2D eigenvalue weighted by atomic mass is 10.1. The number of hydrogen-bond acceptors (Lipinski definition) is 6. The lowest BCUT2D eigenvalue weighted by molar-refractivity contribution is -0.113. The Morgan fingerprint density at radius 3 is 2.46 bits per heavy atom. The monoisotopic (exact) mass is 361 g/mol. The molecule has 3 aromatic rings. The van der Waals surface area contributed by atoms with Crippen molar-refractivity contribution in [3.8, 4) is 0 Å². The third-order valence-electron chi connectivity index (χ3n) is 3.65. The summed E-state index contributed by atoms with van der Waals surface area (Å²) in [6, 6.07) is 10.3. The molecule has 8 heteroatoms. The van der Waals surface area contributed by atoms with Crippen molar-refractivity contribution in [2.24, 2.45) is 0 Å². The lowest BCUT2D eigenvalue weighted by Crippen LogP contribution is -2.24. The molecule has 0 aliphatic rings. The van der Waals surface area contributed by atoms with Crippen LogP contribution in [0.3, 0.4) is 0 Å². The number of benzene rings is 2. The van der Waals surface area contributed by atoms with E-state index in [9.17, 15) is 13.2 Å². The maximum Gasteiger partial charge on any atom is 0.239 e. The van der Waals surface area contributed by atoms with Crippen LogP contribution < -0.4 is 5.32 Å². The number of hydrogen-bond donors (Lipinski definition) is 1. The molecule has 124 valence electrons. The number of amides is 1. The van der Waals surface area contributed by atoms with E-state index in [4.69, 9.17) is 0 Å². The van der Waals surface area contributed by atoms with Gasteiger partial charge in [-0.05, 0) is 37.1 Å². The van der Waals surface area contributed by atoms with Gasteiger partial charge in [-0.3, -0.25) is 4.79 Å². The van der Waals surface area contributed by atoms with E-state index in [1.165, 1.54) is 6.07 Å². The molecule has 0 aliphatic heterocycles. The van der Waals surface area contributed by atoms with Gasteiger partial charge in [0.15, 0.2) is 9.84 Å². The summed E-state index contributed by atoms with van der Waals surface area (Å²) in [4.78, 5) is 12.3. The van der Waals surface area contributed by atoms with E-state index < -0.39 is 21.5 Å². The zero-order valence-electron chi connectivity index (χ0n) is 13.1. The van der Waals surface area contributed by atoms with Crippen LogP contribution in [0.25, 0.3) is 11.0 Å². The molecule has 3 rings (SSSR count). The Morgan fingerprint density at radius 2 is 1.75 bits per heavy atom. The number of aryl methyl sites for hydroxylation is 2. The van der Waals surface area contributed by atoms with Gasteiger partial charge in [0.25, 0.3) is 0 Å². The highest BCUT2D eigenvalue weighted by Gasteiger charge is 2.23. The predicted octanol–water partition coefficient (Wildman–Crippen LogP) is 2.72. The maximum absolute atomic E-state index is 12.6. The molecule has 1 amide bonds. The van der Waals surface area contributed by atoms with Crippen LogP contribution in [-0.2, 0) is 14.6 Å². The van der Waals surface area contributed by atoms with Crippen LogP contribution in [0.1, 0.15) is 11.1 Å². The number of nitrogens with one attached hydrogen (secondary N) is 1. The van der Waals surface area contributed by atoms with Crippen molar-refractivity contribution in [3.05, 3.63) is 47.5 Å². The van der Waals surface area contributed by atoms with Crippen molar-refractivity contribution < 1.29 is 13.2 Å². The molecule has 24 heavy (non-hydrogen) atoms. The van der Waals surface area contributed by atoms with Crippen molar-refractivity contribution in [3.63, 3.8) is 0 Å². The number of nitrogens with zero attached hydrogens (tertiary/aromatic N) is 2. The van der Waals surface area contributed by atoms with Gasteiger partial charge in [0.1, 0.15) is 16.8 Å². The molecule has 2 aromatic carbocycles. The average molecular weight is 361 g/mol. The van der Waals surface area contributed by atoms with Gasteiger partial charge >= 0.3 is 0 Å². The van der Waals surface area contributed by atoms with E-state index in [0.29, 0.717) is 16.7 Å². The molecule has 0 fully saturated rings. The molecule has 1 heterocycles. The van der Waals surface area contributed by atoms with Crippen LogP contribution in [0, 0.1) is 13.8 Å². The van der Waals surface area contributed by atoms with Crippen LogP contribution >= 0.6 is 11.7 Å². The van der Waals surface area contributed by atoms with Crippen LogP contribution in [0.4, 0.5) is 5.69 Å². The normalized spacial score (nSPS) is 11.6. The highest BCUT2D eigenvalue weighted by atomic mass is 32.2. The summed E-state index contributed by atoms with van der Waals surface area (Å²) in [5.74, 6) is -1.22. The van der Waals surface area contributed by atoms with Crippen molar-refractivity contribution in [1.82, 2.24) is 8.75 Å². The largest absolute Gasteiger partial charge is 0.325 e. The summed E-state index contributed by atoms with van der Waals surface area (Å²) in [6.45, 7) is 3.72. The van der Waals surface area contributed by atoms with Crippen molar-refractivity contribution >= 4 is 44.2 Å². The van der Waals surface area contributed by atoms with Crippen molar-refractivity contribution in [1.29, 1.82) is 0 Å². The van der Waals surface area contributed by atoms with E-state index in [1.54, 1.807) is 12.1 Å². The van der Waals surface area contributed by atoms with Gasteiger partial charge in [0, 0.05) is 5.69 Å². The first-order chi connectivity index (χ1) is 11.4. The van der Waals surface area contributed by atoms with Gasteiger partial charge in [0.05, 0.1) is 16.6 Å². The quantitative estimate of drug-likeness (QED) is 0.772. The zero-order valence-corrected chi connectivity index (χ0v) is 14.7. The van der Waals surface area contributed by atoms with Gasteiger partial charge in [0.2, 0.25) is 5.91 Å². The summed E-state index contributed by atoms with van der Waals surface area (Å²) < 4.78 is 33.2. The van der Waals surface area contributed by atoms with Gasteiger partial charge in [-0.1, -0.05) is 24.3 Å². The summed E-state index contributed by atoms with van der Waals surface area (Å²) >= 11 is 0.944. The minimum Gasteiger partial charge on any atom is -0.325 e. The Morgan fingerprint density at radius 1 is 1.08 bits per heavy atom. The minimum atomic E-state index is -3.81. The molecule has 0 spiro atoms. The molecule has 0 saturated heterocycles. The number of fused-ring (bicyclic) bond motifs is 1. The van der Waals surface area contributed by atoms with Gasteiger partial charge in [-0.15, -0.1) is 0 Å². The molecule has 0 saturated carbocycles. The molecule has 1 N–H and O–H groups in total. The highest BCUT2D eigenvalue weighted by Crippen LogP contribution is 2.23. The Hall–Kier alpha value is -2.32. The molecule has 0 radical (unpaired) electrons. The first kappa shape index (κ1) is 16.5. The van der Waals surface area contributed by atoms with Crippen molar-refractivity contribution in [2.75, 3.05) is 11.1 Å². The first-order valence-electron chi connectivity index (χ1n) is 7.18. The zero-order chi connectivity index (χ0) is 17.3. The SMILES string of the molecule is Cc1cccc(C)c1NC(=O)CS(=O)(=O)c1cccc2nsnc12. The van der Waals surface area contributed by atoms with E-state index in [2.05, 4.69) is 14.1 Å². The first-order valence-corrected chi connectivity index (χ1v) is 9.57. The van der Waals surface area contributed by atoms with Crippen LogP contribution in [0.2, 0.25) is 0 Å². The fourth-order valence-electron chi connectivity index (χ4n) is 2.47. The van der Waals surface area contributed by atoms with E-state index >= 15 is 0 Å². The molecule has 0 bridgehead atoms. The molecule has 1 aromatic heterocycles. The summed E-state index contributed by atoms with van der Waals surface area (Å²) in [5.41, 5.74) is 3.22. The smallest absolute Gasteiger partial charge is 0.239 e. The molecule has 0 atom stereocenters. The third kappa shape index (κ3) is 3.15. The van der Waals surface area contributed by atoms with Crippen LogP contribution in [0.15, 0.2) is 41.3 Å². The number of sulfone groups is 1. The predicted molar refractivity (Wildman–Crippen MR) is 94.0 cm³/mol. The molecule has 0 unspecified atom stereocenters. The Kier molecular flexibility index (Phi) is 4.33. The topological polar surface area (TPSA) is 89.0 Å². The standard InChI is InChI=1S/C16H15N3O3S2/c1-10-5-3-6-11(2)15(10)17-14(20)9-24(21,22)13-8-4-7-12-16(13)19-23-18-12/h3-8H,9H2,1-2H3,(H,17,20). The lowest BCUT2D eigenvalue weighted by Gasteiger charge is -2.11. The Labute approximate surface area is 143 Å². The van der Waals surface area contributed by atoms with Gasteiger partial charge in [-0.25, -0.2) is 8.42 Å². The fourth-order valence-corrected chi connectivity index (χ4v) is 4.38. The number of rotatable bonds is 4. The number of carbonyl (C=O) groups excluding carboxylic acids is 1. The summed E-state index contributed by atoms with van der Waals surface area (Å²) in [5, 5.41) is 2.69. The minimum absolute atomic E-state index is 0.0328. The second-order valence-corrected chi connectivity index (χ2v) is 7.95. The molecular formula is C16H15N3O3S2. The molecule has 0 aliphatic carbocycles. The number of anilines is 1. The molecular weight excluding hydrogens is 346 g/mol. The van der Waals surface area contributed by atoms with E-state index in [0.717, 1.165) is 22.9 Å². The second kappa shape index (κ2) is 6.29. The van der Waals surface area contributed by atoms with E-state index in [-0.39, 0.29) is 4.90 Å². The summed E-state index contributed by atoms with van der Waals surface area (Å²) in [7, 11) is -3.81. The fraction of sp³-hybridized carbons (Fsp3) is 0.188. The number of carbonyl (C=O) groups is 1. The van der Waals surface area contributed by atoms with Crippen LogP contribution in [0.5, 0.6) is 0 Å². The van der Waals surface area contributed by atoms with Gasteiger partial charge in [-0.2, -0.15) is 8.75 Å². The van der Waals surface area contributed by atoms with Crippen LogP contribution in [-0.4, -0.2) is 28.8 Å². The second-order valence-electron chi connectivity index (χ2n) is 5.46. The number of para-hydroxylation sites is 1. The number of aromatic nitrogens is 2. The van der Waals surface area contributed by atoms with Crippen molar-refractivity contribution in [2.45, 2.75) is 18.7 Å². The highest BCUT2D eigenvalue weighted by molar-refractivity contribution is 7.92. The third-order valence-corrected chi connectivity index (χ3v) is 5.84.